The SMILES string of the molecule is CCNC(=NCC(C)(O)c1ccc(C)o1)NCCc1csc(C)n1.I. The molecular weight excluding hydrogens is 451 g/mol. The highest BCUT2D eigenvalue weighted by atomic mass is 127. The van der Waals surface area contributed by atoms with Crippen LogP contribution in [0.3, 0.4) is 0 Å². The van der Waals surface area contributed by atoms with Gasteiger partial charge in [-0.2, -0.15) is 0 Å². The Morgan fingerprint density at radius 2 is 2.12 bits per heavy atom. The zero-order valence-corrected chi connectivity index (χ0v) is 18.3. The molecule has 0 aromatic carbocycles. The molecule has 0 saturated heterocycles. The van der Waals surface area contributed by atoms with E-state index in [0.717, 1.165) is 36.0 Å². The van der Waals surface area contributed by atoms with Crippen molar-refractivity contribution in [3.8, 4) is 0 Å². The Kier molecular flexibility index (Phi) is 8.87. The first-order chi connectivity index (χ1) is 11.4. The van der Waals surface area contributed by atoms with E-state index in [0.29, 0.717) is 11.7 Å². The number of nitrogens with one attached hydrogen (secondary N) is 2. The number of aryl methyl sites for hydroxylation is 2. The predicted molar refractivity (Wildman–Crippen MR) is 113 cm³/mol. The number of aromatic nitrogens is 1. The molecule has 25 heavy (non-hydrogen) atoms. The number of aliphatic imine (C=N–C) groups is 1. The number of nitrogens with zero attached hydrogens (tertiary/aromatic N) is 2. The Balaban J connectivity index is 0.00000312. The number of hydrogen-bond acceptors (Lipinski definition) is 5. The van der Waals surface area contributed by atoms with Crippen LogP contribution >= 0.6 is 35.3 Å². The number of guanidine groups is 1. The van der Waals surface area contributed by atoms with Crippen molar-refractivity contribution >= 4 is 41.3 Å². The standard InChI is InChI=1S/C17H26N4O2S.HI/c1-5-18-16(19-9-8-14-10-24-13(3)21-14)20-11-17(4,22)15-7-6-12(2)23-15;/h6-7,10,22H,5,8-9,11H2,1-4H3,(H2,18,19,20);1H. The lowest BCUT2D eigenvalue weighted by Gasteiger charge is -2.19. The average molecular weight is 478 g/mol. The summed E-state index contributed by atoms with van der Waals surface area (Å²) in [6.07, 6.45) is 0.836. The van der Waals surface area contributed by atoms with Gasteiger partial charge in [-0.05, 0) is 39.8 Å². The molecule has 0 aliphatic carbocycles. The summed E-state index contributed by atoms with van der Waals surface area (Å²) >= 11 is 1.66. The molecule has 2 aromatic rings. The van der Waals surface area contributed by atoms with Gasteiger partial charge in [-0.1, -0.05) is 0 Å². The van der Waals surface area contributed by atoms with Gasteiger partial charge in [-0.15, -0.1) is 35.3 Å². The summed E-state index contributed by atoms with van der Waals surface area (Å²) in [6, 6.07) is 3.63. The minimum absolute atomic E-state index is 0. The fourth-order valence-corrected chi connectivity index (χ4v) is 2.86. The van der Waals surface area contributed by atoms with Crippen molar-refractivity contribution in [1.82, 2.24) is 15.6 Å². The van der Waals surface area contributed by atoms with E-state index < -0.39 is 5.60 Å². The van der Waals surface area contributed by atoms with Gasteiger partial charge in [0.25, 0.3) is 0 Å². The summed E-state index contributed by atoms with van der Waals surface area (Å²) in [5.74, 6) is 1.98. The van der Waals surface area contributed by atoms with E-state index in [1.54, 1.807) is 24.3 Å². The normalized spacial score (nSPS) is 13.9. The number of rotatable bonds is 7. The molecule has 1 atom stereocenters. The minimum atomic E-state index is -1.14. The number of thiazole rings is 1. The molecule has 0 fully saturated rings. The van der Waals surface area contributed by atoms with Gasteiger partial charge in [0, 0.05) is 24.9 Å². The summed E-state index contributed by atoms with van der Waals surface area (Å²) in [5.41, 5.74) is -0.0540. The number of furan rings is 1. The van der Waals surface area contributed by atoms with E-state index in [1.807, 2.05) is 26.8 Å². The van der Waals surface area contributed by atoms with Crippen molar-refractivity contribution < 1.29 is 9.52 Å². The Bertz CT molecular complexity index is 682. The second-order valence-electron chi connectivity index (χ2n) is 5.91. The topological polar surface area (TPSA) is 82.7 Å². The van der Waals surface area contributed by atoms with Gasteiger partial charge in [0.2, 0.25) is 0 Å². The van der Waals surface area contributed by atoms with Crippen LogP contribution < -0.4 is 10.6 Å². The van der Waals surface area contributed by atoms with Crippen LogP contribution in [0.2, 0.25) is 0 Å². The van der Waals surface area contributed by atoms with Crippen molar-refractivity contribution in [2.75, 3.05) is 19.6 Å². The van der Waals surface area contributed by atoms with Crippen LogP contribution in [-0.2, 0) is 12.0 Å². The van der Waals surface area contributed by atoms with Gasteiger partial charge in [0.05, 0.1) is 17.2 Å². The van der Waals surface area contributed by atoms with E-state index in [2.05, 4.69) is 26.0 Å². The van der Waals surface area contributed by atoms with E-state index in [4.69, 9.17) is 4.42 Å². The second-order valence-corrected chi connectivity index (χ2v) is 6.98. The van der Waals surface area contributed by atoms with Gasteiger partial charge in [0.15, 0.2) is 5.96 Å². The van der Waals surface area contributed by atoms with Gasteiger partial charge in [-0.25, -0.2) is 9.98 Å². The lowest BCUT2D eigenvalue weighted by Crippen LogP contribution is -2.39. The number of aliphatic hydroxyl groups is 1. The molecule has 0 saturated carbocycles. The largest absolute Gasteiger partial charge is 0.463 e. The summed E-state index contributed by atoms with van der Waals surface area (Å²) in [4.78, 5) is 8.92. The molecule has 3 N–H and O–H groups in total. The zero-order valence-electron chi connectivity index (χ0n) is 15.1. The molecule has 0 aliphatic rings. The maximum atomic E-state index is 10.6. The maximum Gasteiger partial charge on any atom is 0.191 e. The Hall–Kier alpha value is -1.13. The Morgan fingerprint density at radius 3 is 2.68 bits per heavy atom. The van der Waals surface area contributed by atoms with E-state index in [1.165, 1.54) is 0 Å². The first-order valence-corrected chi connectivity index (χ1v) is 9.01. The summed E-state index contributed by atoms with van der Waals surface area (Å²) < 4.78 is 5.51. The van der Waals surface area contributed by atoms with Crippen LogP contribution in [0.1, 0.15) is 36.1 Å². The van der Waals surface area contributed by atoms with Crippen LogP contribution in [0, 0.1) is 13.8 Å². The molecule has 6 nitrogen and oxygen atoms in total. The molecule has 2 aromatic heterocycles. The molecule has 0 amide bonds. The predicted octanol–water partition coefficient (Wildman–Crippen LogP) is 2.98. The van der Waals surface area contributed by atoms with E-state index in [-0.39, 0.29) is 30.5 Å². The van der Waals surface area contributed by atoms with Crippen molar-refractivity contribution in [2.24, 2.45) is 4.99 Å². The molecule has 2 heterocycles. The van der Waals surface area contributed by atoms with Gasteiger partial charge < -0.3 is 20.2 Å². The number of hydrogen-bond donors (Lipinski definition) is 3. The Morgan fingerprint density at radius 1 is 1.36 bits per heavy atom. The van der Waals surface area contributed by atoms with Gasteiger partial charge in [0.1, 0.15) is 17.1 Å². The molecular formula is C17H27IN4O2S. The lowest BCUT2D eigenvalue weighted by atomic mass is 10.0. The van der Waals surface area contributed by atoms with Crippen LogP contribution in [0.4, 0.5) is 0 Å². The molecule has 8 heteroatoms. The van der Waals surface area contributed by atoms with Crippen LogP contribution in [0.25, 0.3) is 0 Å². The van der Waals surface area contributed by atoms with Crippen LogP contribution in [-0.4, -0.2) is 35.7 Å². The third kappa shape index (κ3) is 6.95. The van der Waals surface area contributed by atoms with E-state index in [9.17, 15) is 5.11 Å². The third-order valence-electron chi connectivity index (χ3n) is 3.50. The summed E-state index contributed by atoms with van der Waals surface area (Å²) in [7, 11) is 0. The minimum Gasteiger partial charge on any atom is -0.463 e. The van der Waals surface area contributed by atoms with Crippen molar-refractivity contribution in [3.05, 3.63) is 39.7 Å². The van der Waals surface area contributed by atoms with Crippen molar-refractivity contribution in [3.63, 3.8) is 0 Å². The summed E-state index contributed by atoms with van der Waals surface area (Å²) in [5, 5.41) is 20.2. The fraction of sp³-hybridized carbons (Fsp3) is 0.529. The zero-order chi connectivity index (χ0) is 17.6. The third-order valence-corrected chi connectivity index (χ3v) is 4.32. The second kappa shape index (κ2) is 10.1. The van der Waals surface area contributed by atoms with Gasteiger partial charge >= 0.3 is 0 Å². The molecule has 0 spiro atoms. The number of halogens is 1. The molecule has 2 rings (SSSR count). The molecule has 0 aliphatic heterocycles. The lowest BCUT2D eigenvalue weighted by molar-refractivity contribution is 0.0428. The average Bonchev–Trinajstić information content (AvgIpc) is 3.14. The van der Waals surface area contributed by atoms with Crippen molar-refractivity contribution in [2.45, 2.75) is 39.7 Å². The quantitative estimate of drug-likeness (QED) is 0.324. The molecule has 0 bridgehead atoms. The highest BCUT2D eigenvalue weighted by molar-refractivity contribution is 14.0. The maximum absolute atomic E-state index is 10.6. The van der Waals surface area contributed by atoms with Crippen LogP contribution in [0.15, 0.2) is 26.9 Å². The van der Waals surface area contributed by atoms with E-state index >= 15 is 0 Å². The fourth-order valence-electron chi connectivity index (χ4n) is 2.21. The molecule has 0 radical (unpaired) electrons. The monoisotopic (exact) mass is 478 g/mol. The van der Waals surface area contributed by atoms with Gasteiger partial charge in [-0.3, -0.25) is 0 Å². The highest BCUT2D eigenvalue weighted by Gasteiger charge is 2.26. The van der Waals surface area contributed by atoms with Crippen molar-refractivity contribution in [1.29, 1.82) is 0 Å². The summed E-state index contributed by atoms with van der Waals surface area (Å²) in [6.45, 7) is 9.28. The molecule has 140 valence electrons. The highest BCUT2D eigenvalue weighted by Crippen LogP contribution is 2.23. The first-order valence-electron chi connectivity index (χ1n) is 8.13. The smallest absolute Gasteiger partial charge is 0.191 e. The Labute approximate surface area is 170 Å². The molecule has 1 unspecified atom stereocenters. The first kappa shape index (κ1) is 21.9. The van der Waals surface area contributed by atoms with Crippen LogP contribution in [0.5, 0.6) is 0 Å².